The summed E-state index contributed by atoms with van der Waals surface area (Å²) in [6, 6.07) is 8.89. The van der Waals surface area contributed by atoms with Crippen molar-refractivity contribution < 1.29 is 4.79 Å². The van der Waals surface area contributed by atoms with E-state index in [0.29, 0.717) is 34.2 Å². The number of carbonyl (C=O) groups is 1. The van der Waals surface area contributed by atoms with E-state index in [0.717, 1.165) is 12.0 Å². The first-order valence-corrected chi connectivity index (χ1v) is 10.3. The molecule has 148 valence electrons. The summed E-state index contributed by atoms with van der Waals surface area (Å²) in [5.74, 6) is 0.0695. The Hall–Kier alpha value is -2.38. The van der Waals surface area contributed by atoms with Gasteiger partial charge in [-0.15, -0.1) is 11.3 Å². The second-order valence-electron chi connectivity index (χ2n) is 7.05. The minimum absolute atomic E-state index is 0.137. The average molecular weight is 420 g/mol. The van der Waals surface area contributed by atoms with E-state index in [9.17, 15) is 14.4 Å². The van der Waals surface area contributed by atoms with Crippen LogP contribution >= 0.6 is 22.9 Å². The molecule has 0 aliphatic carbocycles. The number of nitrogens with zero attached hydrogens (tertiary/aromatic N) is 2. The van der Waals surface area contributed by atoms with Crippen LogP contribution in [0.25, 0.3) is 10.2 Å². The van der Waals surface area contributed by atoms with Crippen LogP contribution in [0.3, 0.4) is 0 Å². The zero-order chi connectivity index (χ0) is 20.3. The summed E-state index contributed by atoms with van der Waals surface area (Å²) in [6.45, 7) is 4.62. The SMILES string of the molecule is CC(C)CCn1c(=O)c2sccc2n(CC(=O)NCc2ccc(Cl)cc2)c1=O. The summed E-state index contributed by atoms with van der Waals surface area (Å²) in [6.07, 6.45) is 0.717. The minimum Gasteiger partial charge on any atom is -0.350 e. The third-order valence-electron chi connectivity index (χ3n) is 4.47. The Balaban J connectivity index is 1.84. The maximum Gasteiger partial charge on any atom is 0.332 e. The van der Waals surface area contributed by atoms with Gasteiger partial charge in [0.1, 0.15) is 11.2 Å². The standard InChI is InChI=1S/C20H22ClN3O3S/c1-13(2)7-9-23-19(26)18-16(8-10-28-18)24(20(23)27)12-17(25)22-11-14-3-5-15(21)6-4-14/h3-6,8,10,13H,7,9,11-12H2,1-2H3,(H,22,25). The first kappa shape index (κ1) is 20.4. The number of benzene rings is 1. The smallest absolute Gasteiger partial charge is 0.332 e. The molecule has 2 aromatic heterocycles. The molecular weight excluding hydrogens is 398 g/mol. The molecule has 0 radical (unpaired) electrons. The third kappa shape index (κ3) is 4.54. The number of aromatic nitrogens is 2. The fourth-order valence-electron chi connectivity index (χ4n) is 2.87. The number of thiophene rings is 1. The van der Waals surface area contributed by atoms with Crippen molar-refractivity contribution >= 4 is 39.1 Å². The highest BCUT2D eigenvalue weighted by Gasteiger charge is 2.16. The Morgan fingerprint density at radius 2 is 1.86 bits per heavy atom. The van der Waals surface area contributed by atoms with Crippen LogP contribution in [0.5, 0.6) is 0 Å². The molecule has 0 aliphatic rings. The predicted octanol–water partition coefficient (Wildman–Crippen LogP) is 3.24. The molecule has 0 atom stereocenters. The van der Waals surface area contributed by atoms with Crippen LogP contribution in [-0.4, -0.2) is 15.0 Å². The minimum atomic E-state index is -0.446. The Labute approximate surface area is 171 Å². The van der Waals surface area contributed by atoms with Crippen molar-refractivity contribution in [3.63, 3.8) is 0 Å². The van der Waals surface area contributed by atoms with E-state index in [2.05, 4.69) is 5.32 Å². The number of carbonyl (C=O) groups excluding carboxylic acids is 1. The van der Waals surface area contributed by atoms with Crippen molar-refractivity contribution in [2.75, 3.05) is 0 Å². The van der Waals surface area contributed by atoms with Gasteiger partial charge in [0.2, 0.25) is 5.91 Å². The van der Waals surface area contributed by atoms with Crippen molar-refractivity contribution in [3.8, 4) is 0 Å². The summed E-state index contributed by atoms with van der Waals surface area (Å²) in [7, 11) is 0. The molecule has 1 aromatic carbocycles. The first-order chi connectivity index (χ1) is 13.4. The number of hydrogen-bond donors (Lipinski definition) is 1. The summed E-state index contributed by atoms with van der Waals surface area (Å²) in [4.78, 5) is 38.0. The molecule has 0 bridgehead atoms. The Bertz CT molecular complexity index is 1100. The second kappa shape index (κ2) is 8.75. The molecular formula is C20H22ClN3O3S. The lowest BCUT2D eigenvalue weighted by Crippen LogP contribution is -2.42. The molecule has 0 saturated carbocycles. The van der Waals surface area contributed by atoms with Gasteiger partial charge in [-0.1, -0.05) is 37.6 Å². The van der Waals surface area contributed by atoms with Crippen LogP contribution in [0.4, 0.5) is 0 Å². The van der Waals surface area contributed by atoms with Gasteiger partial charge in [-0.25, -0.2) is 4.79 Å². The van der Waals surface area contributed by atoms with Gasteiger partial charge in [-0.3, -0.25) is 18.7 Å². The van der Waals surface area contributed by atoms with Crippen molar-refractivity contribution in [2.45, 2.75) is 39.9 Å². The molecule has 3 rings (SSSR count). The molecule has 28 heavy (non-hydrogen) atoms. The lowest BCUT2D eigenvalue weighted by atomic mass is 10.1. The highest BCUT2D eigenvalue weighted by Crippen LogP contribution is 2.15. The van der Waals surface area contributed by atoms with E-state index in [1.165, 1.54) is 20.5 Å². The molecule has 0 unspecified atom stereocenters. The monoisotopic (exact) mass is 419 g/mol. The van der Waals surface area contributed by atoms with Crippen LogP contribution in [0.1, 0.15) is 25.8 Å². The largest absolute Gasteiger partial charge is 0.350 e. The van der Waals surface area contributed by atoms with Crippen LogP contribution < -0.4 is 16.6 Å². The van der Waals surface area contributed by atoms with Crippen LogP contribution in [0, 0.1) is 5.92 Å². The predicted molar refractivity (Wildman–Crippen MR) is 113 cm³/mol. The number of rotatable bonds is 7. The highest BCUT2D eigenvalue weighted by molar-refractivity contribution is 7.17. The van der Waals surface area contributed by atoms with E-state index in [1.54, 1.807) is 23.6 Å². The second-order valence-corrected chi connectivity index (χ2v) is 8.40. The van der Waals surface area contributed by atoms with Crippen LogP contribution in [-0.2, 0) is 24.4 Å². The van der Waals surface area contributed by atoms with E-state index in [1.807, 2.05) is 26.0 Å². The van der Waals surface area contributed by atoms with Gasteiger partial charge in [0, 0.05) is 18.1 Å². The zero-order valence-electron chi connectivity index (χ0n) is 15.8. The van der Waals surface area contributed by atoms with Crippen molar-refractivity contribution in [2.24, 2.45) is 5.92 Å². The van der Waals surface area contributed by atoms with E-state index in [4.69, 9.17) is 11.6 Å². The Morgan fingerprint density at radius 1 is 1.14 bits per heavy atom. The van der Waals surface area contributed by atoms with Crippen LogP contribution in [0.2, 0.25) is 5.02 Å². The quantitative estimate of drug-likeness (QED) is 0.638. The molecule has 1 amide bonds. The van der Waals surface area contributed by atoms with E-state index in [-0.39, 0.29) is 18.0 Å². The number of halogens is 1. The van der Waals surface area contributed by atoms with E-state index < -0.39 is 5.69 Å². The lowest BCUT2D eigenvalue weighted by molar-refractivity contribution is -0.121. The van der Waals surface area contributed by atoms with Crippen molar-refractivity contribution in [1.82, 2.24) is 14.5 Å². The van der Waals surface area contributed by atoms with Gasteiger partial charge in [0.15, 0.2) is 0 Å². The fraction of sp³-hybridized carbons (Fsp3) is 0.350. The lowest BCUT2D eigenvalue weighted by Gasteiger charge is -2.13. The van der Waals surface area contributed by atoms with Gasteiger partial charge in [0.25, 0.3) is 5.56 Å². The highest BCUT2D eigenvalue weighted by atomic mass is 35.5. The van der Waals surface area contributed by atoms with Gasteiger partial charge in [-0.05, 0) is 41.5 Å². The summed E-state index contributed by atoms with van der Waals surface area (Å²) in [5, 5.41) is 5.20. The third-order valence-corrected chi connectivity index (χ3v) is 5.61. The van der Waals surface area contributed by atoms with Gasteiger partial charge >= 0.3 is 5.69 Å². The molecule has 6 nitrogen and oxygen atoms in total. The number of nitrogens with one attached hydrogen (secondary N) is 1. The molecule has 2 heterocycles. The molecule has 1 N–H and O–H groups in total. The zero-order valence-corrected chi connectivity index (χ0v) is 17.3. The van der Waals surface area contributed by atoms with Crippen LogP contribution in [0.15, 0.2) is 45.3 Å². The van der Waals surface area contributed by atoms with Crippen molar-refractivity contribution in [1.29, 1.82) is 0 Å². The first-order valence-electron chi connectivity index (χ1n) is 9.09. The van der Waals surface area contributed by atoms with Gasteiger partial charge < -0.3 is 5.32 Å². The molecule has 0 saturated heterocycles. The normalized spacial score (nSPS) is 11.3. The Kier molecular flexibility index (Phi) is 6.36. The number of hydrogen-bond acceptors (Lipinski definition) is 4. The van der Waals surface area contributed by atoms with Gasteiger partial charge in [-0.2, -0.15) is 0 Å². The molecule has 0 fully saturated rings. The molecule has 8 heteroatoms. The summed E-state index contributed by atoms with van der Waals surface area (Å²) in [5.41, 5.74) is 0.682. The topological polar surface area (TPSA) is 73.1 Å². The maximum absolute atomic E-state index is 12.9. The maximum atomic E-state index is 12.9. The summed E-state index contributed by atoms with van der Waals surface area (Å²) < 4.78 is 3.12. The summed E-state index contributed by atoms with van der Waals surface area (Å²) >= 11 is 7.15. The average Bonchev–Trinajstić information content (AvgIpc) is 3.14. The molecule has 3 aromatic rings. The van der Waals surface area contributed by atoms with Crippen molar-refractivity contribution in [3.05, 3.63) is 67.1 Å². The fourth-order valence-corrected chi connectivity index (χ4v) is 3.84. The molecule has 0 aliphatic heterocycles. The number of fused-ring (bicyclic) bond motifs is 1. The molecule has 0 spiro atoms. The number of amides is 1. The van der Waals surface area contributed by atoms with E-state index >= 15 is 0 Å². The Morgan fingerprint density at radius 3 is 2.54 bits per heavy atom. The van der Waals surface area contributed by atoms with Gasteiger partial charge in [0.05, 0.1) is 5.52 Å².